The summed E-state index contributed by atoms with van der Waals surface area (Å²) in [7, 11) is 1.69. The summed E-state index contributed by atoms with van der Waals surface area (Å²) >= 11 is 5.72. The number of alkyl halides is 1. The van der Waals surface area contributed by atoms with Crippen molar-refractivity contribution < 1.29 is 4.74 Å². The van der Waals surface area contributed by atoms with Crippen LogP contribution in [0.15, 0.2) is 12.5 Å². The lowest BCUT2D eigenvalue weighted by Crippen LogP contribution is -2.11. The number of aromatic nitrogens is 2. The quantitative estimate of drug-likeness (QED) is 0.736. The minimum Gasteiger partial charge on any atom is -0.361 e. The van der Waals surface area contributed by atoms with Crippen LogP contribution in [0.4, 0.5) is 0 Å². The second kappa shape index (κ2) is 6.24. The Bertz CT molecular complexity index is 236. The zero-order chi connectivity index (χ0) is 8.97. The van der Waals surface area contributed by atoms with Gasteiger partial charge < -0.3 is 9.30 Å². The second-order valence-corrected chi connectivity index (χ2v) is 2.79. The fourth-order valence-corrected chi connectivity index (χ4v) is 1.38. The van der Waals surface area contributed by atoms with Crippen molar-refractivity contribution in [1.29, 1.82) is 0 Å². The second-order valence-electron chi connectivity index (χ2n) is 2.52. The summed E-state index contributed by atoms with van der Waals surface area (Å²) in [6.07, 6.45) is 4.47. The molecule has 1 rings (SSSR count). The molecular weight excluding hydrogens is 211 g/mol. The van der Waals surface area contributed by atoms with Gasteiger partial charge in [-0.25, -0.2) is 4.98 Å². The molecule has 0 saturated heterocycles. The van der Waals surface area contributed by atoms with Gasteiger partial charge in [0, 0.05) is 13.3 Å². The molecule has 13 heavy (non-hydrogen) atoms. The van der Waals surface area contributed by atoms with Crippen molar-refractivity contribution in [3.8, 4) is 0 Å². The third kappa shape index (κ3) is 2.86. The van der Waals surface area contributed by atoms with Crippen LogP contribution in [0.3, 0.4) is 0 Å². The fraction of sp³-hybridized carbons (Fsp3) is 0.625. The third-order valence-corrected chi connectivity index (χ3v) is 2.09. The number of ether oxygens (including phenoxy) is 1. The Hall–Kier alpha value is -0.250. The van der Waals surface area contributed by atoms with Gasteiger partial charge in [0.05, 0.1) is 17.9 Å². The number of imidazole rings is 1. The van der Waals surface area contributed by atoms with Crippen molar-refractivity contribution >= 4 is 24.0 Å². The van der Waals surface area contributed by atoms with Gasteiger partial charge in [-0.05, 0) is 6.42 Å². The Morgan fingerprint density at radius 3 is 2.85 bits per heavy atom. The highest BCUT2D eigenvalue weighted by Crippen LogP contribution is 2.15. The smallest absolute Gasteiger partial charge is 0.134 e. The van der Waals surface area contributed by atoms with Crippen LogP contribution in [0.1, 0.15) is 25.3 Å². The molecule has 0 fully saturated rings. The number of nitrogens with zero attached hydrogens (tertiary/aromatic N) is 2. The molecule has 0 aliphatic rings. The molecule has 0 bridgehead atoms. The standard InChI is InChI=1S/C8H13ClN2O.ClH/c1-3-8(12-2)11-6-10-5-7(11)4-9;/h5-6,8H,3-4H2,1-2H3;1H. The molecule has 76 valence electrons. The number of halogens is 2. The number of hydrogen-bond donors (Lipinski definition) is 0. The molecule has 0 saturated carbocycles. The summed E-state index contributed by atoms with van der Waals surface area (Å²) in [4.78, 5) is 4.01. The van der Waals surface area contributed by atoms with E-state index in [-0.39, 0.29) is 18.6 Å². The van der Waals surface area contributed by atoms with Crippen LogP contribution in [0.5, 0.6) is 0 Å². The van der Waals surface area contributed by atoms with Crippen molar-refractivity contribution in [2.45, 2.75) is 25.5 Å². The molecule has 1 unspecified atom stereocenters. The third-order valence-electron chi connectivity index (χ3n) is 1.81. The largest absolute Gasteiger partial charge is 0.361 e. The average molecular weight is 225 g/mol. The Morgan fingerprint density at radius 1 is 1.69 bits per heavy atom. The van der Waals surface area contributed by atoms with Crippen molar-refractivity contribution in [3.05, 3.63) is 18.2 Å². The van der Waals surface area contributed by atoms with Gasteiger partial charge >= 0.3 is 0 Å². The molecule has 0 amide bonds. The molecule has 0 aromatic carbocycles. The average Bonchev–Trinajstić information content (AvgIpc) is 2.55. The molecule has 0 spiro atoms. The summed E-state index contributed by atoms with van der Waals surface area (Å²) in [5, 5.41) is 0. The topological polar surface area (TPSA) is 27.1 Å². The van der Waals surface area contributed by atoms with Gasteiger partial charge in [0.15, 0.2) is 0 Å². The molecule has 1 aromatic rings. The summed E-state index contributed by atoms with van der Waals surface area (Å²) in [5.41, 5.74) is 0.991. The molecule has 1 atom stereocenters. The lowest BCUT2D eigenvalue weighted by Gasteiger charge is -2.16. The Balaban J connectivity index is 0.00000144. The van der Waals surface area contributed by atoms with E-state index in [0.717, 1.165) is 12.1 Å². The number of rotatable bonds is 4. The van der Waals surface area contributed by atoms with Gasteiger partial charge in [-0.15, -0.1) is 24.0 Å². The summed E-state index contributed by atoms with van der Waals surface area (Å²) < 4.78 is 7.20. The van der Waals surface area contributed by atoms with Gasteiger partial charge in [-0.3, -0.25) is 0 Å². The monoisotopic (exact) mass is 224 g/mol. The predicted octanol–water partition coefficient (Wildman–Crippen LogP) is 2.60. The lowest BCUT2D eigenvalue weighted by atomic mass is 10.4. The molecule has 0 aliphatic carbocycles. The zero-order valence-corrected chi connectivity index (χ0v) is 9.31. The maximum Gasteiger partial charge on any atom is 0.134 e. The Kier molecular flexibility index (Phi) is 6.12. The highest BCUT2D eigenvalue weighted by Gasteiger charge is 2.09. The van der Waals surface area contributed by atoms with E-state index in [1.165, 1.54) is 0 Å². The first-order chi connectivity index (χ1) is 5.83. The maximum absolute atomic E-state index is 5.72. The SMILES string of the molecule is CCC(OC)n1cncc1CCl.Cl. The first kappa shape index (κ1) is 12.8. The first-order valence-corrected chi connectivity index (χ1v) is 4.46. The van der Waals surface area contributed by atoms with Crippen molar-refractivity contribution in [2.75, 3.05) is 7.11 Å². The van der Waals surface area contributed by atoms with Gasteiger partial charge in [0.2, 0.25) is 0 Å². The van der Waals surface area contributed by atoms with Gasteiger partial charge in [-0.1, -0.05) is 6.92 Å². The summed E-state index contributed by atoms with van der Waals surface area (Å²) in [6.45, 7) is 2.06. The number of hydrogen-bond acceptors (Lipinski definition) is 2. The normalized spacial score (nSPS) is 12.2. The van der Waals surface area contributed by atoms with Crippen molar-refractivity contribution in [1.82, 2.24) is 9.55 Å². The Morgan fingerprint density at radius 2 is 2.38 bits per heavy atom. The fourth-order valence-electron chi connectivity index (χ4n) is 1.17. The van der Waals surface area contributed by atoms with E-state index in [1.54, 1.807) is 19.6 Å². The van der Waals surface area contributed by atoms with E-state index in [2.05, 4.69) is 11.9 Å². The molecule has 3 nitrogen and oxygen atoms in total. The van der Waals surface area contributed by atoms with E-state index in [0.29, 0.717) is 5.88 Å². The van der Waals surface area contributed by atoms with Crippen LogP contribution in [-0.4, -0.2) is 16.7 Å². The molecule has 1 heterocycles. The van der Waals surface area contributed by atoms with E-state index in [4.69, 9.17) is 16.3 Å². The van der Waals surface area contributed by atoms with E-state index < -0.39 is 0 Å². The minimum atomic E-state index is 0. The van der Waals surface area contributed by atoms with Crippen LogP contribution in [0, 0.1) is 0 Å². The van der Waals surface area contributed by atoms with Crippen LogP contribution < -0.4 is 0 Å². The number of methoxy groups -OCH3 is 1. The van der Waals surface area contributed by atoms with Crippen molar-refractivity contribution in [2.24, 2.45) is 0 Å². The minimum absolute atomic E-state index is 0. The van der Waals surface area contributed by atoms with Crippen molar-refractivity contribution in [3.63, 3.8) is 0 Å². The molecule has 0 aliphatic heterocycles. The van der Waals surface area contributed by atoms with Crippen LogP contribution in [-0.2, 0) is 10.6 Å². The van der Waals surface area contributed by atoms with Crippen LogP contribution in [0.2, 0.25) is 0 Å². The Labute approximate surface area is 89.5 Å². The molecule has 0 radical (unpaired) electrons. The zero-order valence-electron chi connectivity index (χ0n) is 7.74. The molecule has 0 N–H and O–H groups in total. The van der Waals surface area contributed by atoms with E-state index in [1.807, 2.05) is 4.57 Å². The maximum atomic E-state index is 5.72. The van der Waals surface area contributed by atoms with Crippen LogP contribution >= 0.6 is 24.0 Å². The van der Waals surface area contributed by atoms with Gasteiger partial charge in [-0.2, -0.15) is 0 Å². The predicted molar refractivity (Wildman–Crippen MR) is 55.4 cm³/mol. The van der Waals surface area contributed by atoms with Gasteiger partial charge in [0.1, 0.15) is 6.23 Å². The lowest BCUT2D eigenvalue weighted by molar-refractivity contribution is 0.0393. The first-order valence-electron chi connectivity index (χ1n) is 3.93. The molecular formula is C8H14Cl2N2O. The van der Waals surface area contributed by atoms with Gasteiger partial charge in [0.25, 0.3) is 0 Å². The summed E-state index contributed by atoms with van der Waals surface area (Å²) in [6, 6.07) is 0. The van der Waals surface area contributed by atoms with Crippen LogP contribution in [0.25, 0.3) is 0 Å². The van der Waals surface area contributed by atoms with E-state index >= 15 is 0 Å². The van der Waals surface area contributed by atoms with E-state index in [9.17, 15) is 0 Å². The summed E-state index contributed by atoms with van der Waals surface area (Å²) in [5.74, 6) is 0.472. The molecule has 5 heteroatoms. The highest BCUT2D eigenvalue weighted by molar-refractivity contribution is 6.16. The molecule has 1 aromatic heterocycles. The highest BCUT2D eigenvalue weighted by atomic mass is 35.5.